The standard InChI is InChI=1S/C16H18F3N3O2/c1-2-14-20-21-15(24-14)10-22-7-8-23-13(9-22)11-5-3-4-6-12(11)16(17,18)19/h3-6,13H,2,7-10H2,1H3/t13-/m1/s1. The van der Waals surface area contributed by atoms with E-state index in [0.29, 0.717) is 44.4 Å². The fourth-order valence-electron chi connectivity index (χ4n) is 2.76. The topological polar surface area (TPSA) is 51.4 Å². The quantitative estimate of drug-likeness (QED) is 0.855. The molecule has 2 aromatic rings. The Kier molecular flexibility index (Phi) is 4.86. The van der Waals surface area contributed by atoms with Crippen molar-refractivity contribution in [2.24, 2.45) is 0 Å². The van der Waals surface area contributed by atoms with Crippen molar-refractivity contribution >= 4 is 0 Å². The molecule has 8 heteroatoms. The Balaban J connectivity index is 1.74. The minimum absolute atomic E-state index is 0.162. The van der Waals surface area contributed by atoms with Crippen LogP contribution in [0.5, 0.6) is 0 Å². The van der Waals surface area contributed by atoms with Gasteiger partial charge in [-0.2, -0.15) is 13.2 Å². The van der Waals surface area contributed by atoms with E-state index in [-0.39, 0.29) is 5.56 Å². The van der Waals surface area contributed by atoms with E-state index in [0.717, 1.165) is 6.07 Å². The number of nitrogens with zero attached hydrogens (tertiary/aromatic N) is 3. The first kappa shape index (κ1) is 16.9. The summed E-state index contributed by atoms with van der Waals surface area (Å²) in [6.45, 7) is 3.62. The van der Waals surface area contributed by atoms with Crippen LogP contribution in [-0.4, -0.2) is 34.8 Å². The molecule has 0 unspecified atom stereocenters. The minimum atomic E-state index is -4.40. The maximum absolute atomic E-state index is 13.2. The number of halogens is 3. The van der Waals surface area contributed by atoms with Crippen LogP contribution in [0.1, 0.15) is 35.9 Å². The summed E-state index contributed by atoms with van der Waals surface area (Å²) in [5.74, 6) is 1.02. The lowest BCUT2D eigenvalue weighted by atomic mass is 10.0. The summed E-state index contributed by atoms with van der Waals surface area (Å²) in [5.41, 5.74) is -0.489. The molecule has 1 atom stereocenters. The van der Waals surface area contributed by atoms with Crippen molar-refractivity contribution in [2.75, 3.05) is 19.7 Å². The van der Waals surface area contributed by atoms with E-state index in [1.54, 1.807) is 6.07 Å². The first-order valence-electron chi connectivity index (χ1n) is 7.78. The van der Waals surface area contributed by atoms with Crippen LogP contribution in [0, 0.1) is 0 Å². The molecule has 0 spiro atoms. The van der Waals surface area contributed by atoms with Crippen LogP contribution in [0.15, 0.2) is 28.7 Å². The fourth-order valence-corrected chi connectivity index (χ4v) is 2.76. The molecular formula is C16H18F3N3O2. The maximum Gasteiger partial charge on any atom is 0.416 e. The third-order valence-electron chi connectivity index (χ3n) is 3.93. The van der Waals surface area contributed by atoms with Crippen molar-refractivity contribution in [2.45, 2.75) is 32.2 Å². The Bertz CT molecular complexity index is 687. The highest BCUT2D eigenvalue weighted by Gasteiger charge is 2.36. The van der Waals surface area contributed by atoms with Gasteiger partial charge in [0, 0.05) is 19.5 Å². The molecule has 1 aromatic heterocycles. The average Bonchev–Trinajstić information content (AvgIpc) is 3.02. The lowest BCUT2D eigenvalue weighted by Crippen LogP contribution is -2.38. The second-order valence-electron chi connectivity index (χ2n) is 5.62. The number of alkyl halides is 3. The predicted octanol–water partition coefficient (Wildman–Crippen LogP) is 3.22. The summed E-state index contributed by atoms with van der Waals surface area (Å²) in [6, 6.07) is 5.54. The number of ether oxygens (including phenoxy) is 1. The van der Waals surface area contributed by atoms with E-state index in [2.05, 4.69) is 10.2 Å². The van der Waals surface area contributed by atoms with Gasteiger partial charge in [-0.05, 0) is 11.6 Å². The first-order valence-corrected chi connectivity index (χ1v) is 7.78. The van der Waals surface area contributed by atoms with Gasteiger partial charge < -0.3 is 9.15 Å². The molecule has 0 bridgehead atoms. The number of morpholine rings is 1. The number of hydrogen-bond acceptors (Lipinski definition) is 5. The summed E-state index contributed by atoms with van der Waals surface area (Å²) in [6.07, 6.45) is -4.38. The fraction of sp³-hybridized carbons (Fsp3) is 0.500. The van der Waals surface area contributed by atoms with Crippen molar-refractivity contribution in [3.63, 3.8) is 0 Å². The molecule has 1 fully saturated rings. The zero-order valence-corrected chi connectivity index (χ0v) is 13.2. The third kappa shape index (κ3) is 3.76. The molecule has 0 radical (unpaired) electrons. The molecule has 0 amide bonds. The van der Waals surface area contributed by atoms with E-state index >= 15 is 0 Å². The second kappa shape index (κ2) is 6.90. The highest BCUT2D eigenvalue weighted by atomic mass is 19.4. The molecule has 0 aliphatic carbocycles. The molecule has 24 heavy (non-hydrogen) atoms. The Morgan fingerprint density at radius 2 is 1.96 bits per heavy atom. The zero-order valence-electron chi connectivity index (χ0n) is 13.2. The second-order valence-corrected chi connectivity index (χ2v) is 5.62. The van der Waals surface area contributed by atoms with Crippen LogP contribution in [0.25, 0.3) is 0 Å². The number of benzene rings is 1. The minimum Gasteiger partial charge on any atom is -0.424 e. The highest BCUT2D eigenvalue weighted by Crippen LogP contribution is 2.36. The van der Waals surface area contributed by atoms with Gasteiger partial charge in [-0.25, -0.2) is 0 Å². The molecule has 1 saturated heterocycles. The van der Waals surface area contributed by atoms with Gasteiger partial charge in [0.2, 0.25) is 11.8 Å². The normalized spacial score (nSPS) is 19.6. The Morgan fingerprint density at radius 1 is 1.21 bits per heavy atom. The smallest absolute Gasteiger partial charge is 0.416 e. The summed E-state index contributed by atoms with van der Waals surface area (Å²) in [5, 5.41) is 7.86. The summed E-state index contributed by atoms with van der Waals surface area (Å²) < 4.78 is 50.6. The number of aromatic nitrogens is 2. The lowest BCUT2D eigenvalue weighted by molar-refractivity contribution is -0.140. The van der Waals surface area contributed by atoms with Crippen LogP contribution in [0.3, 0.4) is 0 Å². The molecule has 0 N–H and O–H groups in total. The van der Waals surface area contributed by atoms with Crippen LogP contribution in [0.2, 0.25) is 0 Å². The van der Waals surface area contributed by atoms with Gasteiger partial charge in [-0.1, -0.05) is 25.1 Å². The lowest BCUT2D eigenvalue weighted by Gasteiger charge is -2.33. The van der Waals surface area contributed by atoms with Crippen LogP contribution < -0.4 is 0 Å². The first-order chi connectivity index (χ1) is 11.5. The van der Waals surface area contributed by atoms with E-state index in [4.69, 9.17) is 9.15 Å². The SMILES string of the molecule is CCc1nnc(CN2CCO[C@@H](c3ccccc3C(F)(F)F)C2)o1. The van der Waals surface area contributed by atoms with Crippen LogP contribution in [0.4, 0.5) is 13.2 Å². The van der Waals surface area contributed by atoms with Gasteiger partial charge in [0.05, 0.1) is 24.8 Å². The maximum atomic E-state index is 13.2. The summed E-state index contributed by atoms with van der Waals surface area (Å²) in [7, 11) is 0. The van der Waals surface area contributed by atoms with Crippen LogP contribution >= 0.6 is 0 Å². The van der Waals surface area contributed by atoms with Crippen molar-refractivity contribution in [3.8, 4) is 0 Å². The molecular weight excluding hydrogens is 323 g/mol. The molecule has 130 valence electrons. The molecule has 3 rings (SSSR count). The molecule has 1 aromatic carbocycles. The molecule has 5 nitrogen and oxygen atoms in total. The number of hydrogen-bond donors (Lipinski definition) is 0. The van der Waals surface area contributed by atoms with E-state index < -0.39 is 17.8 Å². The van der Waals surface area contributed by atoms with E-state index in [9.17, 15) is 13.2 Å². The largest absolute Gasteiger partial charge is 0.424 e. The van der Waals surface area contributed by atoms with Crippen LogP contribution in [-0.2, 0) is 23.9 Å². The molecule has 1 aliphatic heterocycles. The molecule has 0 saturated carbocycles. The van der Waals surface area contributed by atoms with Crippen molar-refractivity contribution in [3.05, 3.63) is 47.2 Å². The van der Waals surface area contributed by atoms with Gasteiger partial charge in [-0.3, -0.25) is 4.90 Å². The average molecular weight is 341 g/mol. The summed E-state index contributed by atoms with van der Waals surface area (Å²) in [4.78, 5) is 1.97. The Labute approximate surface area is 137 Å². The van der Waals surface area contributed by atoms with Gasteiger partial charge >= 0.3 is 6.18 Å². The molecule has 1 aliphatic rings. The van der Waals surface area contributed by atoms with Crippen molar-refractivity contribution < 1.29 is 22.3 Å². The summed E-state index contributed by atoms with van der Waals surface area (Å²) >= 11 is 0. The monoisotopic (exact) mass is 341 g/mol. The zero-order chi connectivity index (χ0) is 17.2. The van der Waals surface area contributed by atoms with Gasteiger partial charge in [0.25, 0.3) is 0 Å². The van der Waals surface area contributed by atoms with Gasteiger partial charge in [0.1, 0.15) is 0 Å². The van der Waals surface area contributed by atoms with E-state index in [1.807, 2.05) is 11.8 Å². The van der Waals surface area contributed by atoms with Gasteiger partial charge in [0.15, 0.2) is 0 Å². The Hall–Kier alpha value is -1.93. The third-order valence-corrected chi connectivity index (χ3v) is 3.93. The Morgan fingerprint density at radius 3 is 2.67 bits per heavy atom. The predicted molar refractivity (Wildman–Crippen MR) is 79.1 cm³/mol. The molecule has 2 heterocycles. The number of rotatable bonds is 4. The van der Waals surface area contributed by atoms with Crippen molar-refractivity contribution in [1.82, 2.24) is 15.1 Å². The highest BCUT2D eigenvalue weighted by molar-refractivity contribution is 5.32. The number of aryl methyl sites for hydroxylation is 1. The van der Waals surface area contributed by atoms with E-state index in [1.165, 1.54) is 12.1 Å². The van der Waals surface area contributed by atoms with Crippen molar-refractivity contribution in [1.29, 1.82) is 0 Å². The van der Waals surface area contributed by atoms with Gasteiger partial charge in [-0.15, -0.1) is 10.2 Å².